The van der Waals surface area contributed by atoms with Crippen molar-refractivity contribution in [2.24, 2.45) is 5.73 Å². The maximum absolute atomic E-state index is 12.6. The van der Waals surface area contributed by atoms with Crippen LogP contribution in [0.3, 0.4) is 0 Å². The molecule has 0 saturated carbocycles. The van der Waals surface area contributed by atoms with E-state index in [9.17, 15) is 4.79 Å². The van der Waals surface area contributed by atoms with Crippen molar-refractivity contribution in [3.05, 3.63) is 11.9 Å². The van der Waals surface area contributed by atoms with Crippen LogP contribution in [0, 0.1) is 0 Å². The average Bonchev–Trinajstić information content (AvgIpc) is 2.80. The summed E-state index contributed by atoms with van der Waals surface area (Å²) in [6.45, 7) is 7.78. The number of ketones is 1. The number of methoxy groups -OCH3 is 1. The van der Waals surface area contributed by atoms with Gasteiger partial charge in [0.25, 0.3) is 0 Å². The van der Waals surface area contributed by atoms with Gasteiger partial charge in [0.2, 0.25) is 5.78 Å². The van der Waals surface area contributed by atoms with Crippen LogP contribution in [0.1, 0.15) is 57.1 Å². The Balaban J connectivity index is 3.30. The molecule has 0 saturated heterocycles. The first-order valence-corrected chi connectivity index (χ1v) is 6.36. The minimum absolute atomic E-state index is 0.0887. The maximum atomic E-state index is 12.6. The summed E-state index contributed by atoms with van der Waals surface area (Å²) in [6, 6.07) is 0.0887. The summed E-state index contributed by atoms with van der Waals surface area (Å²) in [4.78, 5) is 12.6. The molecule has 0 aromatic carbocycles. The van der Waals surface area contributed by atoms with E-state index in [-0.39, 0.29) is 11.8 Å². The SMILES string of the molecule is CCC(N)(CC)C(=O)c1c(OC)cnn1C(C)C. The van der Waals surface area contributed by atoms with Gasteiger partial charge >= 0.3 is 0 Å². The van der Waals surface area contributed by atoms with Crippen molar-refractivity contribution in [2.75, 3.05) is 7.11 Å². The number of nitrogens with zero attached hydrogens (tertiary/aromatic N) is 2. The van der Waals surface area contributed by atoms with Crippen LogP contribution in [0.15, 0.2) is 6.20 Å². The molecule has 0 amide bonds. The summed E-state index contributed by atoms with van der Waals surface area (Å²) in [7, 11) is 1.54. The number of carbonyl (C=O) groups is 1. The molecule has 0 unspecified atom stereocenters. The van der Waals surface area contributed by atoms with Crippen LogP contribution < -0.4 is 10.5 Å². The van der Waals surface area contributed by atoms with E-state index in [0.29, 0.717) is 24.3 Å². The van der Waals surface area contributed by atoms with E-state index in [0.717, 1.165) is 0 Å². The fourth-order valence-electron chi connectivity index (χ4n) is 1.91. The number of carbonyl (C=O) groups excluding carboxylic acids is 1. The molecule has 0 radical (unpaired) electrons. The Morgan fingerprint density at radius 2 is 2.06 bits per heavy atom. The smallest absolute Gasteiger partial charge is 0.204 e. The van der Waals surface area contributed by atoms with Crippen molar-refractivity contribution in [1.29, 1.82) is 0 Å². The fraction of sp³-hybridized carbons (Fsp3) is 0.692. The number of hydrogen-bond acceptors (Lipinski definition) is 4. The van der Waals surface area contributed by atoms with Gasteiger partial charge in [0, 0.05) is 6.04 Å². The molecular formula is C13H23N3O2. The minimum atomic E-state index is -0.847. The second-order valence-electron chi connectivity index (χ2n) is 4.79. The van der Waals surface area contributed by atoms with Gasteiger partial charge in [-0.1, -0.05) is 13.8 Å². The van der Waals surface area contributed by atoms with Gasteiger partial charge in [0.15, 0.2) is 5.75 Å². The van der Waals surface area contributed by atoms with Crippen LogP contribution in [-0.2, 0) is 0 Å². The molecule has 18 heavy (non-hydrogen) atoms. The van der Waals surface area contributed by atoms with Gasteiger partial charge in [-0.05, 0) is 26.7 Å². The van der Waals surface area contributed by atoms with E-state index >= 15 is 0 Å². The molecule has 0 aliphatic rings. The van der Waals surface area contributed by atoms with Gasteiger partial charge < -0.3 is 10.5 Å². The summed E-state index contributed by atoms with van der Waals surface area (Å²) in [5, 5.41) is 4.20. The number of aromatic nitrogens is 2. The summed E-state index contributed by atoms with van der Waals surface area (Å²) >= 11 is 0. The van der Waals surface area contributed by atoms with E-state index < -0.39 is 5.54 Å². The fourth-order valence-corrected chi connectivity index (χ4v) is 1.91. The van der Waals surface area contributed by atoms with Crippen molar-refractivity contribution in [2.45, 2.75) is 52.1 Å². The predicted octanol–water partition coefficient (Wildman–Crippen LogP) is 2.17. The Labute approximate surface area is 108 Å². The van der Waals surface area contributed by atoms with Gasteiger partial charge in [-0.2, -0.15) is 5.10 Å². The Hall–Kier alpha value is -1.36. The van der Waals surface area contributed by atoms with Crippen LogP contribution in [0.4, 0.5) is 0 Å². The lowest BCUT2D eigenvalue weighted by atomic mass is 9.87. The highest BCUT2D eigenvalue weighted by atomic mass is 16.5. The summed E-state index contributed by atoms with van der Waals surface area (Å²) in [5.41, 5.74) is 5.80. The molecule has 1 heterocycles. The molecule has 0 atom stereocenters. The molecule has 2 N–H and O–H groups in total. The number of nitrogens with two attached hydrogens (primary N) is 1. The van der Waals surface area contributed by atoms with E-state index in [4.69, 9.17) is 10.5 Å². The van der Waals surface area contributed by atoms with Crippen molar-refractivity contribution >= 4 is 5.78 Å². The molecule has 0 aliphatic heterocycles. The number of hydrogen-bond donors (Lipinski definition) is 1. The molecule has 0 fully saturated rings. The van der Waals surface area contributed by atoms with Gasteiger partial charge in [-0.25, -0.2) is 0 Å². The van der Waals surface area contributed by atoms with E-state index in [1.54, 1.807) is 10.9 Å². The first kappa shape index (κ1) is 14.7. The quantitative estimate of drug-likeness (QED) is 0.789. The minimum Gasteiger partial charge on any atom is -0.493 e. The zero-order valence-electron chi connectivity index (χ0n) is 11.9. The normalized spacial score (nSPS) is 11.9. The third-order valence-corrected chi connectivity index (χ3v) is 3.40. The van der Waals surface area contributed by atoms with Crippen molar-refractivity contribution in [1.82, 2.24) is 9.78 Å². The molecule has 5 heteroatoms. The lowest BCUT2D eigenvalue weighted by molar-refractivity contribution is 0.0862. The monoisotopic (exact) mass is 253 g/mol. The molecule has 1 rings (SSSR count). The lowest BCUT2D eigenvalue weighted by Gasteiger charge is -2.26. The molecule has 0 spiro atoms. The zero-order chi connectivity index (χ0) is 13.9. The van der Waals surface area contributed by atoms with Crippen molar-refractivity contribution in [3.63, 3.8) is 0 Å². The summed E-state index contributed by atoms with van der Waals surface area (Å²) in [6.07, 6.45) is 2.75. The van der Waals surface area contributed by atoms with E-state index in [1.807, 2.05) is 27.7 Å². The van der Waals surface area contributed by atoms with Crippen LogP contribution in [0.5, 0.6) is 5.75 Å². The Morgan fingerprint density at radius 3 is 2.44 bits per heavy atom. The first-order chi connectivity index (χ1) is 8.41. The van der Waals surface area contributed by atoms with E-state index in [2.05, 4.69) is 5.10 Å². The average molecular weight is 253 g/mol. The van der Waals surface area contributed by atoms with Gasteiger partial charge in [0.1, 0.15) is 5.69 Å². The predicted molar refractivity (Wildman–Crippen MR) is 71.0 cm³/mol. The second-order valence-corrected chi connectivity index (χ2v) is 4.79. The zero-order valence-corrected chi connectivity index (χ0v) is 11.9. The highest BCUT2D eigenvalue weighted by Gasteiger charge is 2.35. The summed E-state index contributed by atoms with van der Waals surface area (Å²) in [5.74, 6) is 0.390. The van der Waals surface area contributed by atoms with Crippen LogP contribution in [0.25, 0.3) is 0 Å². The first-order valence-electron chi connectivity index (χ1n) is 6.36. The van der Waals surface area contributed by atoms with Gasteiger partial charge in [-0.15, -0.1) is 0 Å². The molecule has 5 nitrogen and oxygen atoms in total. The topological polar surface area (TPSA) is 70.1 Å². The van der Waals surface area contributed by atoms with Gasteiger partial charge in [-0.3, -0.25) is 9.48 Å². The molecule has 1 aromatic heterocycles. The largest absolute Gasteiger partial charge is 0.493 e. The highest BCUT2D eigenvalue weighted by molar-refractivity contribution is 6.03. The van der Waals surface area contributed by atoms with Crippen molar-refractivity contribution in [3.8, 4) is 5.75 Å². The molecule has 0 bridgehead atoms. The van der Waals surface area contributed by atoms with Crippen LogP contribution in [-0.4, -0.2) is 28.2 Å². The standard InChI is InChI=1S/C13H23N3O2/c1-6-13(14,7-2)12(17)11-10(18-5)8-15-16(11)9(3)4/h8-9H,6-7,14H2,1-5H3. The maximum Gasteiger partial charge on any atom is 0.204 e. The summed E-state index contributed by atoms with van der Waals surface area (Å²) < 4.78 is 6.90. The molecular weight excluding hydrogens is 230 g/mol. The highest BCUT2D eigenvalue weighted by Crippen LogP contribution is 2.27. The lowest BCUT2D eigenvalue weighted by Crippen LogP contribution is -2.47. The molecule has 0 aliphatic carbocycles. The van der Waals surface area contributed by atoms with Crippen LogP contribution >= 0.6 is 0 Å². The van der Waals surface area contributed by atoms with Gasteiger partial charge in [0.05, 0.1) is 18.8 Å². The number of Topliss-reactive ketones (excluding diaryl/α,β-unsaturated/α-hetero) is 1. The molecule has 1 aromatic rings. The number of rotatable bonds is 6. The van der Waals surface area contributed by atoms with E-state index in [1.165, 1.54) is 7.11 Å². The second kappa shape index (κ2) is 5.52. The molecule has 102 valence electrons. The Kier molecular flexibility index (Phi) is 4.51. The Bertz CT molecular complexity index is 420. The Morgan fingerprint density at radius 1 is 1.50 bits per heavy atom. The third-order valence-electron chi connectivity index (χ3n) is 3.40. The third kappa shape index (κ3) is 2.41. The number of ether oxygens (including phenoxy) is 1. The van der Waals surface area contributed by atoms with Crippen LogP contribution in [0.2, 0.25) is 0 Å². The van der Waals surface area contributed by atoms with Crippen molar-refractivity contribution < 1.29 is 9.53 Å².